The molecule has 0 saturated heterocycles. The van der Waals surface area contributed by atoms with Gasteiger partial charge in [0.15, 0.2) is 0 Å². The van der Waals surface area contributed by atoms with E-state index in [9.17, 15) is 8.42 Å². The first-order valence-corrected chi connectivity index (χ1v) is 9.16. The van der Waals surface area contributed by atoms with Gasteiger partial charge in [0.05, 0.1) is 9.79 Å². The molecule has 2 aromatic rings. The highest BCUT2D eigenvalue weighted by Gasteiger charge is 2.20. The van der Waals surface area contributed by atoms with Crippen LogP contribution in [0.3, 0.4) is 0 Å². The van der Waals surface area contributed by atoms with E-state index in [2.05, 4.69) is 5.32 Å². The minimum Gasteiger partial charge on any atom is -0.385 e. The number of nitrogens with one attached hydrogen (secondary N) is 1. The summed E-state index contributed by atoms with van der Waals surface area (Å²) in [5.41, 5.74) is 4.27. The Morgan fingerprint density at radius 2 is 1.64 bits per heavy atom. The van der Waals surface area contributed by atoms with Crippen LogP contribution in [-0.2, 0) is 16.3 Å². The second-order valence-electron chi connectivity index (χ2n) is 5.95. The number of hydrogen-bond donors (Lipinski definition) is 1. The predicted molar refractivity (Wildman–Crippen MR) is 89.2 cm³/mol. The topological polar surface area (TPSA) is 46.2 Å². The fourth-order valence-electron chi connectivity index (χ4n) is 2.80. The summed E-state index contributed by atoms with van der Waals surface area (Å²) in [7, 11) is -3.45. The monoisotopic (exact) mass is 315 g/mol. The minimum atomic E-state index is -3.45. The standard InChI is InChI=1S/C18H21NO2S/c1-13-6-7-16(11-14(13)2)22(20,21)17-8-9-18-15(12-17)5-3-4-10-19-18/h6-9,11-12,19H,3-5,10H2,1-2H3. The van der Waals surface area contributed by atoms with Gasteiger partial charge >= 0.3 is 0 Å². The van der Waals surface area contributed by atoms with Crippen molar-refractivity contribution in [1.29, 1.82) is 0 Å². The summed E-state index contributed by atoms with van der Waals surface area (Å²) in [4.78, 5) is 0.760. The number of anilines is 1. The molecule has 1 aliphatic rings. The third kappa shape index (κ3) is 2.75. The van der Waals surface area contributed by atoms with Gasteiger partial charge in [0.2, 0.25) is 9.84 Å². The number of rotatable bonds is 2. The third-order valence-corrected chi connectivity index (χ3v) is 6.11. The van der Waals surface area contributed by atoms with Crippen LogP contribution in [0.1, 0.15) is 29.5 Å². The maximum atomic E-state index is 12.8. The van der Waals surface area contributed by atoms with Crippen LogP contribution in [-0.4, -0.2) is 15.0 Å². The van der Waals surface area contributed by atoms with Crippen molar-refractivity contribution in [3.63, 3.8) is 0 Å². The Morgan fingerprint density at radius 3 is 2.41 bits per heavy atom. The van der Waals surface area contributed by atoms with Crippen LogP contribution < -0.4 is 5.32 Å². The summed E-state index contributed by atoms with van der Waals surface area (Å²) >= 11 is 0. The molecule has 3 nitrogen and oxygen atoms in total. The molecule has 0 aromatic heterocycles. The highest BCUT2D eigenvalue weighted by atomic mass is 32.2. The molecule has 3 rings (SSSR count). The maximum Gasteiger partial charge on any atom is 0.206 e. The lowest BCUT2D eigenvalue weighted by Crippen LogP contribution is -2.05. The summed E-state index contributed by atoms with van der Waals surface area (Å²) in [6.45, 7) is 4.88. The highest BCUT2D eigenvalue weighted by Crippen LogP contribution is 2.28. The van der Waals surface area contributed by atoms with Gasteiger partial charge in [-0.25, -0.2) is 8.42 Å². The summed E-state index contributed by atoms with van der Waals surface area (Å²) < 4.78 is 25.7. The molecular formula is C18H21NO2S. The zero-order valence-electron chi connectivity index (χ0n) is 13.0. The molecule has 0 radical (unpaired) electrons. The predicted octanol–water partition coefficient (Wildman–Crippen LogP) is 3.88. The Labute approximate surface area is 132 Å². The van der Waals surface area contributed by atoms with Gasteiger partial charge in [-0.3, -0.25) is 0 Å². The Kier molecular flexibility index (Phi) is 3.96. The van der Waals surface area contributed by atoms with Crippen LogP contribution in [0.4, 0.5) is 5.69 Å². The Hall–Kier alpha value is -1.81. The van der Waals surface area contributed by atoms with Crippen LogP contribution in [0.2, 0.25) is 0 Å². The molecule has 0 fully saturated rings. The van der Waals surface area contributed by atoms with Gasteiger partial charge in [-0.1, -0.05) is 6.07 Å². The number of fused-ring (bicyclic) bond motifs is 1. The van der Waals surface area contributed by atoms with Gasteiger partial charge in [-0.05, 0) is 80.1 Å². The third-order valence-electron chi connectivity index (χ3n) is 4.36. The van der Waals surface area contributed by atoms with Crippen LogP contribution in [0.15, 0.2) is 46.2 Å². The first-order valence-electron chi connectivity index (χ1n) is 7.67. The van der Waals surface area contributed by atoms with Crippen molar-refractivity contribution in [1.82, 2.24) is 0 Å². The molecule has 0 saturated carbocycles. The summed E-state index contributed by atoms with van der Waals surface area (Å²) in [5, 5.41) is 3.37. The average Bonchev–Trinajstić information content (AvgIpc) is 2.74. The molecule has 22 heavy (non-hydrogen) atoms. The Bertz CT molecular complexity index is 810. The molecule has 116 valence electrons. The quantitative estimate of drug-likeness (QED) is 0.914. The second-order valence-corrected chi connectivity index (χ2v) is 7.90. The molecule has 2 aromatic carbocycles. The van der Waals surface area contributed by atoms with E-state index in [0.29, 0.717) is 9.79 Å². The molecule has 0 unspecified atom stereocenters. The first-order chi connectivity index (χ1) is 10.5. The largest absolute Gasteiger partial charge is 0.385 e. The van der Waals surface area contributed by atoms with Crippen molar-refractivity contribution >= 4 is 15.5 Å². The molecule has 4 heteroatoms. The molecule has 0 amide bonds. The first kappa shape index (κ1) is 15.1. The van der Waals surface area contributed by atoms with Crippen LogP contribution in [0, 0.1) is 13.8 Å². The van der Waals surface area contributed by atoms with E-state index >= 15 is 0 Å². The zero-order valence-corrected chi connectivity index (χ0v) is 13.8. The molecule has 1 N–H and O–H groups in total. The van der Waals surface area contributed by atoms with E-state index in [1.54, 1.807) is 18.2 Å². The SMILES string of the molecule is Cc1ccc(S(=O)(=O)c2ccc3c(c2)CCCCN3)cc1C. The highest BCUT2D eigenvalue weighted by molar-refractivity contribution is 7.91. The normalized spacial score (nSPS) is 14.8. The number of hydrogen-bond acceptors (Lipinski definition) is 3. The maximum absolute atomic E-state index is 12.8. The zero-order chi connectivity index (χ0) is 15.7. The van der Waals surface area contributed by atoms with Gasteiger partial charge in [-0.2, -0.15) is 0 Å². The van der Waals surface area contributed by atoms with Gasteiger partial charge in [0.25, 0.3) is 0 Å². The molecule has 0 aliphatic carbocycles. The fourth-order valence-corrected chi connectivity index (χ4v) is 4.19. The van der Waals surface area contributed by atoms with Crippen molar-refractivity contribution in [2.24, 2.45) is 0 Å². The van der Waals surface area contributed by atoms with E-state index in [-0.39, 0.29) is 0 Å². The van der Waals surface area contributed by atoms with Crippen molar-refractivity contribution in [3.8, 4) is 0 Å². The van der Waals surface area contributed by atoms with Crippen molar-refractivity contribution < 1.29 is 8.42 Å². The lowest BCUT2D eigenvalue weighted by Gasteiger charge is -2.11. The average molecular weight is 315 g/mol. The van der Waals surface area contributed by atoms with E-state index in [1.165, 1.54) is 0 Å². The number of benzene rings is 2. The lowest BCUT2D eigenvalue weighted by atomic mass is 10.1. The molecule has 1 aliphatic heterocycles. The smallest absolute Gasteiger partial charge is 0.206 e. The summed E-state index contributed by atoms with van der Waals surface area (Å²) in [6.07, 6.45) is 3.14. The molecular weight excluding hydrogens is 294 g/mol. The van der Waals surface area contributed by atoms with Crippen molar-refractivity contribution in [3.05, 3.63) is 53.1 Å². The van der Waals surface area contributed by atoms with Gasteiger partial charge in [-0.15, -0.1) is 0 Å². The van der Waals surface area contributed by atoms with E-state index in [0.717, 1.165) is 48.2 Å². The van der Waals surface area contributed by atoms with Gasteiger partial charge < -0.3 is 5.32 Å². The van der Waals surface area contributed by atoms with E-state index in [4.69, 9.17) is 0 Å². The molecule has 0 bridgehead atoms. The van der Waals surface area contributed by atoms with Crippen LogP contribution >= 0.6 is 0 Å². The molecule has 0 atom stereocenters. The van der Waals surface area contributed by atoms with Crippen LogP contribution in [0.25, 0.3) is 0 Å². The Balaban J connectivity index is 2.05. The van der Waals surface area contributed by atoms with Gasteiger partial charge in [0.1, 0.15) is 0 Å². The second kappa shape index (κ2) is 5.76. The summed E-state index contributed by atoms with van der Waals surface area (Å²) in [6, 6.07) is 10.8. The van der Waals surface area contributed by atoms with Crippen LogP contribution in [0.5, 0.6) is 0 Å². The number of sulfone groups is 1. The van der Waals surface area contributed by atoms with E-state index < -0.39 is 9.84 Å². The summed E-state index contributed by atoms with van der Waals surface area (Å²) in [5.74, 6) is 0. The molecule has 1 heterocycles. The molecule has 0 spiro atoms. The lowest BCUT2D eigenvalue weighted by molar-refractivity contribution is 0.596. The van der Waals surface area contributed by atoms with Crippen molar-refractivity contribution in [2.45, 2.75) is 42.9 Å². The van der Waals surface area contributed by atoms with Gasteiger partial charge in [0, 0.05) is 12.2 Å². The Morgan fingerprint density at radius 1 is 0.909 bits per heavy atom. The number of aryl methyl sites for hydroxylation is 3. The fraction of sp³-hybridized carbons (Fsp3) is 0.333. The van der Waals surface area contributed by atoms with E-state index in [1.807, 2.05) is 32.0 Å². The minimum absolute atomic E-state index is 0.372. The van der Waals surface area contributed by atoms with Crippen molar-refractivity contribution in [2.75, 3.05) is 11.9 Å².